The number of H-pyrrole nitrogens is 1. The van der Waals surface area contributed by atoms with Crippen LogP contribution in [0.3, 0.4) is 0 Å². The van der Waals surface area contributed by atoms with E-state index in [9.17, 15) is 0 Å². The third-order valence-corrected chi connectivity index (χ3v) is 3.28. The molecule has 19 heavy (non-hydrogen) atoms. The minimum Gasteiger partial charge on any atom is -0.496 e. The van der Waals surface area contributed by atoms with Crippen molar-refractivity contribution < 1.29 is 4.74 Å². The first-order valence-electron chi connectivity index (χ1n) is 6.15. The number of nitrogens with one attached hydrogen (secondary N) is 1. The van der Waals surface area contributed by atoms with Crippen molar-refractivity contribution in [3.63, 3.8) is 0 Å². The summed E-state index contributed by atoms with van der Waals surface area (Å²) in [6.45, 7) is 4.06. The van der Waals surface area contributed by atoms with Crippen LogP contribution in [0.4, 0.5) is 0 Å². The Balaban J connectivity index is 2.16. The van der Waals surface area contributed by atoms with Gasteiger partial charge in [0.25, 0.3) is 0 Å². The summed E-state index contributed by atoms with van der Waals surface area (Å²) in [6.07, 6.45) is 1.78. The highest BCUT2D eigenvalue weighted by Gasteiger charge is 2.09. The summed E-state index contributed by atoms with van der Waals surface area (Å²) in [5, 5.41) is 0. The number of hydrogen-bond acceptors (Lipinski definition) is 3. The average molecular weight is 253 g/mol. The summed E-state index contributed by atoms with van der Waals surface area (Å²) >= 11 is 0. The molecule has 0 aliphatic rings. The van der Waals surface area contributed by atoms with E-state index in [0.717, 1.165) is 39.4 Å². The molecule has 0 saturated carbocycles. The van der Waals surface area contributed by atoms with Crippen LogP contribution in [-0.4, -0.2) is 22.1 Å². The first-order valence-corrected chi connectivity index (χ1v) is 6.15. The normalized spacial score (nSPS) is 10.9. The topological polar surface area (TPSA) is 50.8 Å². The van der Waals surface area contributed by atoms with Gasteiger partial charge in [0.1, 0.15) is 11.6 Å². The number of fused-ring (bicyclic) bond motifs is 1. The summed E-state index contributed by atoms with van der Waals surface area (Å²) < 4.78 is 5.35. The van der Waals surface area contributed by atoms with Crippen LogP contribution in [0.2, 0.25) is 0 Å². The van der Waals surface area contributed by atoms with E-state index in [1.807, 2.05) is 38.1 Å². The van der Waals surface area contributed by atoms with Gasteiger partial charge in [-0.15, -0.1) is 0 Å². The van der Waals surface area contributed by atoms with Gasteiger partial charge < -0.3 is 9.72 Å². The largest absolute Gasteiger partial charge is 0.496 e. The van der Waals surface area contributed by atoms with Crippen molar-refractivity contribution in [1.82, 2.24) is 15.0 Å². The van der Waals surface area contributed by atoms with Crippen LogP contribution in [0, 0.1) is 13.8 Å². The Morgan fingerprint density at radius 2 is 1.95 bits per heavy atom. The summed E-state index contributed by atoms with van der Waals surface area (Å²) in [6, 6.07) is 8.02. The number of hydrogen-bond donors (Lipinski definition) is 1. The highest BCUT2D eigenvalue weighted by atomic mass is 16.5. The molecule has 1 aromatic carbocycles. The van der Waals surface area contributed by atoms with Gasteiger partial charge in [-0.1, -0.05) is 12.1 Å². The summed E-state index contributed by atoms with van der Waals surface area (Å²) in [5.41, 5.74) is 4.98. The average Bonchev–Trinajstić information content (AvgIpc) is 2.85. The number of pyridine rings is 1. The van der Waals surface area contributed by atoms with Crippen LogP contribution in [0.25, 0.3) is 22.6 Å². The number of aromatic amines is 1. The fourth-order valence-corrected chi connectivity index (χ4v) is 2.14. The lowest BCUT2D eigenvalue weighted by Gasteiger charge is -2.05. The Morgan fingerprint density at radius 1 is 1.11 bits per heavy atom. The first-order chi connectivity index (χ1) is 9.19. The molecule has 4 nitrogen and oxygen atoms in total. The number of aromatic nitrogens is 3. The third kappa shape index (κ3) is 1.95. The summed E-state index contributed by atoms with van der Waals surface area (Å²) in [7, 11) is 1.68. The van der Waals surface area contributed by atoms with Gasteiger partial charge in [0.05, 0.1) is 12.6 Å². The number of aryl methyl sites for hydroxylation is 2. The maximum Gasteiger partial charge on any atom is 0.178 e. The molecule has 4 heteroatoms. The molecule has 0 saturated heterocycles. The van der Waals surface area contributed by atoms with Gasteiger partial charge in [-0.3, -0.25) is 0 Å². The fourth-order valence-electron chi connectivity index (χ4n) is 2.14. The smallest absolute Gasteiger partial charge is 0.178 e. The molecule has 96 valence electrons. The molecule has 0 atom stereocenters. The molecule has 1 N–H and O–H groups in total. The zero-order chi connectivity index (χ0) is 13.4. The van der Waals surface area contributed by atoms with Crippen LogP contribution < -0.4 is 4.74 Å². The van der Waals surface area contributed by atoms with Crippen LogP contribution >= 0.6 is 0 Å². The molecule has 0 radical (unpaired) electrons. The van der Waals surface area contributed by atoms with Crippen LogP contribution in [-0.2, 0) is 0 Å². The maximum atomic E-state index is 5.35. The van der Waals surface area contributed by atoms with E-state index in [-0.39, 0.29) is 0 Å². The molecular formula is C15H15N3O. The minimum atomic E-state index is 0.745. The molecule has 0 aliphatic carbocycles. The van der Waals surface area contributed by atoms with Crippen molar-refractivity contribution in [3.8, 4) is 17.1 Å². The van der Waals surface area contributed by atoms with Gasteiger partial charge in [0.15, 0.2) is 5.65 Å². The van der Waals surface area contributed by atoms with Crippen molar-refractivity contribution in [2.75, 3.05) is 7.11 Å². The zero-order valence-electron chi connectivity index (χ0n) is 11.2. The lowest BCUT2D eigenvalue weighted by molar-refractivity contribution is 0.412. The summed E-state index contributed by atoms with van der Waals surface area (Å²) in [4.78, 5) is 12.1. The molecular weight excluding hydrogens is 238 g/mol. The van der Waals surface area contributed by atoms with Crippen molar-refractivity contribution >= 4 is 11.2 Å². The highest BCUT2D eigenvalue weighted by molar-refractivity contribution is 5.79. The van der Waals surface area contributed by atoms with E-state index in [2.05, 4.69) is 15.0 Å². The van der Waals surface area contributed by atoms with Crippen molar-refractivity contribution in [3.05, 3.63) is 41.6 Å². The molecule has 0 amide bonds. The Kier molecular flexibility index (Phi) is 2.71. The lowest BCUT2D eigenvalue weighted by Crippen LogP contribution is -1.88. The summed E-state index contributed by atoms with van der Waals surface area (Å²) in [5.74, 6) is 1.68. The van der Waals surface area contributed by atoms with Crippen LogP contribution in [0.1, 0.15) is 11.1 Å². The first kappa shape index (κ1) is 11.7. The number of imidazole rings is 1. The quantitative estimate of drug-likeness (QED) is 0.762. The molecule has 0 aliphatic heterocycles. The molecule has 0 unspecified atom stereocenters. The molecule has 0 spiro atoms. The monoisotopic (exact) mass is 253 g/mol. The van der Waals surface area contributed by atoms with Crippen molar-refractivity contribution in [2.45, 2.75) is 13.8 Å². The lowest BCUT2D eigenvalue weighted by atomic mass is 10.1. The van der Waals surface area contributed by atoms with Gasteiger partial charge in [-0.05, 0) is 37.1 Å². The number of methoxy groups -OCH3 is 1. The Bertz CT molecular complexity index is 746. The maximum absolute atomic E-state index is 5.35. The standard InChI is InChI=1S/C15H15N3O/c1-9-4-5-11(8-12(9)19-3)14-17-13-10(2)6-7-16-15(13)18-14/h4-8H,1-3H3,(H,16,17,18). The predicted molar refractivity (Wildman–Crippen MR) is 75.4 cm³/mol. The second kappa shape index (κ2) is 4.39. The van der Waals surface area contributed by atoms with E-state index in [1.54, 1.807) is 13.3 Å². The van der Waals surface area contributed by atoms with Gasteiger partial charge in [0.2, 0.25) is 0 Å². The van der Waals surface area contributed by atoms with Gasteiger partial charge in [-0.25, -0.2) is 9.97 Å². The zero-order valence-corrected chi connectivity index (χ0v) is 11.2. The van der Waals surface area contributed by atoms with Gasteiger partial charge >= 0.3 is 0 Å². The molecule has 0 fully saturated rings. The fraction of sp³-hybridized carbons (Fsp3) is 0.200. The van der Waals surface area contributed by atoms with Crippen LogP contribution in [0.15, 0.2) is 30.5 Å². The van der Waals surface area contributed by atoms with Gasteiger partial charge in [-0.2, -0.15) is 0 Å². The van der Waals surface area contributed by atoms with E-state index in [0.29, 0.717) is 0 Å². The van der Waals surface area contributed by atoms with Crippen molar-refractivity contribution in [1.29, 1.82) is 0 Å². The van der Waals surface area contributed by atoms with E-state index >= 15 is 0 Å². The minimum absolute atomic E-state index is 0.745. The molecule has 2 aromatic heterocycles. The van der Waals surface area contributed by atoms with Gasteiger partial charge in [0, 0.05) is 11.8 Å². The Hall–Kier alpha value is -2.36. The van der Waals surface area contributed by atoms with E-state index < -0.39 is 0 Å². The SMILES string of the molecule is COc1cc(-c2nc3nccc(C)c3[nH]2)ccc1C. The Labute approximate surface area is 111 Å². The number of ether oxygens (including phenoxy) is 1. The highest BCUT2D eigenvalue weighted by Crippen LogP contribution is 2.26. The number of rotatable bonds is 2. The van der Waals surface area contributed by atoms with Crippen molar-refractivity contribution in [2.24, 2.45) is 0 Å². The third-order valence-electron chi connectivity index (χ3n) is 3.28. The van der Waals surface area contributed by atoms with E-state index in [4.69, 9.17) is 4.74 Å². The Morgan fingerprint density at radius 3 is 2.68 bits per heavy atom. The molecule has 3 rings (SSSR count). The number of benzene rings is 1. The molecule has 0 bridgehead atoms. The second-order valence-electron chi connectivity index (χ2n) is 4.60. The second-order valence-corrected chi connectivity index (χ2v) is 4.60. The molecule has 3 aromatic rings. The number of nitrogens with zero attached hydrogens (tertiary/aromatic N) is 2. The molecule has 2 heterocycles. The van der Waals surface area contributed by atoms with E-state index in [1.165, 1.54) is 0 Å². The predicted octanol–water partition coefficient (Wildman–Crippen LogP) is 3.25. The van der Waals surface area contributed by atoms with Crippen LogP contribution in [0.5, 0.6) is 5.75 Å².